The molecule has 2 aliphatic rings. The van der Waals surface area contributed by atoms with Gasteiger partial charge in [-0.3, -0.25) is 4.79 Å². The molecule has 7 nitrogen and oxygen atoms in total. The molecule has 2 aromatic carbocycles. The van der Waals surface area contributed by atoms with Crippen molar-refractivity contribution < 1.29 is 28.7 Å². The number of aliphatic carboxylic acids is 1. The van der Waals surface area contributed by atoms with Gasteiger partial charge in [-0.05, 0) is 48.7 Å². The van der Waals surface area contributed by atoms with Gasteiger partial charge in [0.15, 0.2) is 0 Å². The number of carboxylic acids is 1. The lowest BCUT2D eigenvalue weighted by Gasteiger charge is -2.36. The first-order valence-electron chi connectivity index (χ1n) is 10.1. The first kappa shape index (κ1) is 20.8. The van der Waals surface area contributed by atoms with Crippen LogP contribution in [0.2, 0.25) is 0 Å². The summed E-state index contributed by atoms with van der Waals surface area (Å²) in [5.41, 5.74) is 0.360. The number of halogens is 1. The van der Waals surface area contributed by atoms with Crippen LogP contribution in [0.5, 0.6) is 5.75 Å². The molecular weight excluding hydrogens is 403 g/mol. The summed E-state index contributed by atoms with van der Waals surface area (Å²) in [5, 5.41) is 14.2. The number of benzene rings is 2. The van der Waals surface area contributed by atoms with Crippen LogP contribution >= 0.6 is 0 Å². The highest BCUT2D eigenvalue weighted by Gasteiger charge is 2.52. The SMILES string of the molecule is COc1cccc(C(=O)N2CCC[C@@]2(C[C@H]2CC(c3ccc(F)cc3)=NO2)C(=O)O)c1. The zero-order valence-corrected chi connectivity index (χ0v) is 17.1. The summed E-state index contributed by atoms with van der Waals surface area (Å²) in [6, 6.07) is 12.6. The molecule has 0 aromatic heterocycles. The topological polar surface area (TPSA) is 88.4 Å². The van der Waals surface area contributed by atoms with E-state index in [1.807, 2.05) is 0 Å². The maximum atomic E-state index is 13.2. The number of ether oxygens (including phenoxy) is 1. The van der Waals surface area contributed by atoms with Crippen molar-refractivity contribution >= 4 is 17.6 Å². The average molecular weight is 426 g/mol. The minimum absolute atomic E-state index is 0.117. The summed E-state index contributed by atoms with van der Waals surface area (Å²) in [6.45, 7) is 0.348. The predicted molar refractivity (Wildman–Crippen MR) is 111 cm³/mol. The van der Waals surface area contributed by atoms with Crippen molar-refractivity contribution in [2.75, 3.05) is 13.7 Å². The van der Waals surface area contributed by atoms with Gasteiger partial charge in [0, 0.05) is 24.9 Å². The van der Waals surface area contributed by atoms with Gasteiger partial charge in [0.25, 0.3) is 5.91 Å². The lowest BCUT2D eigenvalue weighted by molar-refractivity contribution is -0.150. The highest BCUT2D eigenvalue weighted by Crippen LogP contribution is 2.38. The Kier molecular flexibility index (Phi) is 5.63. The number of methoxy groups -OCH3 is 1. The van der Waals surface area contributed by atoms with Gasteiger partial charge >= 0.3 is 5.97 Å². The van der Waals surface area contributed by atoms with Crippen molar-refractivity contribution in [3.63, 3.8) is 0 Å². The van der Waals surface area contributed by atoms with E-state index in [4.69, 9.17) is 9.57 Å². The van der Waals surface area contributed by atoms with E-state index in [-0.39, 0.29) is 18.1 Å². The van der Waals surface area contributed by atoms with Gasteiger partial charge in [-0.2, -0.15) is 0 Å². The molecule has 0 spiro atoms. The number of rotatable bonds is 6. The standard InChI is InChI=1S/C23H23FN2O5/c1-30-18-5-2-4-16(12-18)21(27)26-11-3-10-23(26,22(28)29)14-19-13-20(25-31-19)15-6-8-17(24)9-7-15/h2,4-9,12,19H,3,10-11,13-14H2,1H3,(H,28,29)/t19-,23-/m1/s1. The van der Waals surface area contributed by atoms with E-state index in [0.717, 1.165) is 5.56 Å². The minimum Gasteiger partial charge on any atom is -0.497 e. The predicted octanol–water partition coefficient (Wildman–Crippen LogP) is 3.48. The smallest absolute Gasteiger partial charge is 0.329 e. The molecule has 162 valence electrons. The fourth-order valence-corrected chi connectivity index (χ4v) is 4.34. The van der Waals surface area contributed by atoms with Crippen molar-refractivity contribution in [3.05, 3.63) is 65.5 Å². The number of hydrogen-bond donors (Lipinski definition) is 1. The second-order valence-corrected chi connectivity index (χ2v) is 7.81. The third-order valence-electron chi connectivity index (χ3n) is 5.92. The Morgan fingerprint density at radius 1 is 1.29 bits per heavy atom. The lowest BCUT2D eigenvalue weighted by Crippen LogP contribution is -2.54. The van der Waals surface area contributed by atoms with E-state index in [0.29, 0.717) is 42.8 Å². The van der Waals surface area contributed by atoms with Crippen molar-refractivity contribution in [2.45, 2.75) is 37.3 Å². The maximum absolute atomic E-state index is 13.2. The maximum Gasteiger partial charge on any atom is 0.329 e. The summed E-state index contributed by atoms with van der Waals surface area (Å²) in [7, 11) is 1.51. The summed E-state index contributed by atoms with van der Waals surface area (Å²) in [5.74, 6) is -1.22. The molecule has 2 aromatic rings. The van der Waals surface area contributed by atoms with Crippen molar-refractivity contribution in [2.24, 2.45) is 5.16 Å². The number of amides is 1. The van der Waals surface area contributed by atoms with Crippen molar-refractivity contribution in [1.82, 2.24) is 4.90 Å². The first-order chi connectivity index (χ1) is 14.9. The Morgan fingerprint density at radius 3 is 2.77 bits per heavy atom. The molecule has 31 heavy (non-hydrogen) atoms. The lowest BCUT2D eigenvalue weighted by atomic mass is 9.86. The Balaban J connectivity index is 1.53. The van der Waals surface area contributed by atoms with Crippen molar-refractivity contribution in [1.29, 1.82) is 0 Å². The van der Waals surface area contributed by atoms with Crippen LogP contribution in [0.3, 0.4) is 0 Å². The zero-order valence-electron chi connectivity index (χ0n) is 17.1. The molecule has 4 rings (SSSR count). The van der Waals surface area contributed by atoms with Crippen LogP contribution in [0.1, 0.15) is 41.6 Å². The number of carboxylic acid groups (broad SMARTS) is 1. The van der Waals surface area contributed by atoms with E-state index in [2.05, 4.69) is 5.16 Å². The second-order valence-electron chi connectivity index (χ2n) is 7.81. The van der Waals surface area contributed by atoms with Gasteiger partial charge in [0.1, 0.15) is 23.2 Å². The first-order valence-corrected chi connectivity index (χ1v) is 10.1. The third kappa shape index (κ3) is 3.97. The molecular formula is C23H23FN2O5. The number of carbonyl (C=O) groups is 2. The van der Waals surface area contributed by atoms with E-state index in [9.17, 15) is 19.1 Å². The molecule has 2 heterocycles. The number of carbonyl (C=O) groups excluding carboxylic acids is 1. The average Bonchev–Trinajstić information content (AvgIpc) is 3.42. The molecule has 8 heteroatoms. The Hall–Kier alpha value is -3.42. The minimum atomic E-state index is -1.38. The molecule has 2 aliphatic heterocycles. The zero-order chi connectivity index (χ0) is 22.0. The second kappa shape index (κ2) is 8.37. The number of oxime groups is 1. The van der Waals surface area contributed by atoms with Crippen LogP contribution < -0.4 is 4.74 Å². The van der Waals surface area contributed by atoms with Crippen LogP contribution in [0, 0.1) is 5.82 Å². The molecule has 1 amide bonds. The monoisotopic (exact) mass is 426 g/mol. The molecule has 1 fully saturated rings. The van der Waals surface area contributed by atoms with Gasteiger partial charge in [-0.15, -0.1) is 0 Å². The van der Waals surface area contributed by atoms with E-state index < -0.39 is 17.6 Å². The van der Waals surface area contributed by atoms with E-state index in [1.54, 1.807) is 36.4 Å². The molecule has 1 N–H and O–H groups in total. The van der Waals surface area contributed by atoms with Gasteiger partial charge in [0.2, 0.25) is 0 Å². The molecule has 1 saturated heterocycles. The summed E-state index contributed by atoms with van der Waals surface area (Å²) >= 11 is 0. The van der Waals surface area contributed by atoms with Crippen LogP contribution in [0.25, 0.3) is 0 Å². The number of hydrogen-bond acceptors (Lipinski definition) is 5. The summed E-state index contributed by atoms with van der Waals surface area (Å²) in [6.07, 6.45) is 0.938. The van der Waals surface area contributed by atoms with E-state index in [1.165, 1.54) is 24.1 Å². The molecule has 0 aliphatic carbocycles. The van der Waals surface area contributed by atoms with Gasteiger partial charge in [-0.1, -0.05) is 23.4 Å². The van der Waals surface area contributed by atoms with Gasteiger partial charge in [0.05, 0.1) is 12.8 Å². The number of nitrogens with zero attached hydrogens (tertiary/aromatic N) is 2. The normalized spacial score (nSPS) is 22.7. The van der Waals surface area contributed by atoms with Gasteiger partial charge < -0.3 is 19.6 Å². The highest BCUT2D eigenvalue weighted by atomic mass is 19.1. The Labute approximate surface area is 179 Å². The quantitative estimate of drug-likeness (QED) is 0.764. The summed E-state index contributed by atoms with van der Waals surface area (Å²) in [4.78, 5) is 32.6. The third-order valence-corrected chi connectivity index (χ3v) is 5.92. The molecule has 0 saturated carbocycles. The molecule has 0 bridgehead atoms. The molecule has 0 radical (unpaired) electrons. The number of likely N-dealkylation sites (tertiary alicyclic amines) is 1. The van der Waals surface area contributed by atoms with Crippen LogP contribution in [-0.2, 0) is 9.63 Å². The highest BCUT2D eigenvalue weighted by molar-refractivity contribution is 6.01. The molecule has 2 atom stereocenters. The Morgan fingerprint density at radius 2 is 2.06 bits per heavy atom. The summed E-state index contributed by atoms with van der Waals surface area (Å²) < 4.78 is 18.4. The van der Waals surface area contributed by atoms with Crippen LogP contribution in [0.4, 0.5) is 4.39 Å². The largest absolute Gasteiger partial charge is 0.497 e. The fraction of sp³-hybridized carbons (Fsp3) is 0.348. The Bertz CT molecular complexity index is 1020. The molecule has 0 unspecified atom stereocenters. The van der Waals surface area contributed by atoms with Crippen LogP contribution in [-0.4, -0.2) is 52.9 Å². The van der Waals surface area contributed by atoms with Crippen molar-refractivity contribution in [3.8, 4) is 5.75 Å². The fourth-order valence-electron chi connectivity index (χ4n) is 4.34. The van der Waals surface area contributed by atoms with Crippen LogP contribution in [0.15, 0.2) is 53.7 Å². The van der Waals surface area contributed by atoms with E-state index >= 15 is 0 Å². The van der Waals surface area contributed by atoms with Gasteiger partial charge in [-0.25, -0.2) is 9.18 Å².